The Morgan fingerprint density at radius 3 is 2.41 bits per heavy atom. The molecule has 1 amide bonds. The van der Waals surface area contributed by atoms with Gasteiger partial charge in [0.25, 0.3) is 0 Å². The van der Waals surface area contributed by atoms with Crippen molar-refractivity contribution < 1.29 is 13.6 Å². The number of amides is 1. The van der Waals surface area contributed by atoms with Gasteiger partial charge in [0.2, 0.25) is 11.8 Å². The van der Waals surface area contributed by atoms with Crippen LogP contribution in [-0.4, -0.2) is 52.6 Å². The summed E-state index contributed by atoms with van der Waals surface area (Å²) < 4.78 is 26.8. The number of carbonyl (C=O) groups is 1. The van der Waals surface area contributed by atoms with E-state index in [1.54, 1.807) is 0 Å². The van der Waals surface area contributed by atoms with E-state index in [2.05, 4.69) is 28.9 Å². The van der Waals surface area contributed by atoms with E-state index in [4.69, 9.17) is 0 Å². The molecule has 0 unspecified atom stereocenters. The van der Waals surface area contributed by atoms with Crippen LogP contribution in [0.1, 0.15) is 50.2 Å². The van der Waals surface area contributed by atoms with Gasteiger partial charge in [0.1, 0.15) is 0 Å². The van der Waals surface area contributed by atoms with Gasteiger partial charge in [0, 0.05) is 50.5 Å². The molecule has 1 saturated heterocycles. The predicted molar refractivity (Wildman–Crippen MR) is 122 cm³/mol. The summed E-state index contributed by atoms with van der Waals surface area (Å²) in [6.07, 6.45) is 1.07. The van der Waals surface area contributed by atoms with Crippen LogP contribution in [0.25, 0.3) is 11.3 Å². The molecule has 1 atom stereocenters. The molecule has 1 aromatic heterocycles. The van der Waals surface area contributed by atoms with Gasteiger partial charge < -0.3 is 9.80 Å². The van der Waals surface area contributed by atoms with Gasteiger partial charge >= 0.3 is 0 Å². The van der Waals surface area contributed by atoms with E-state index in [0.717, 1.165) is 28.2 Å². The maximum Gasteiger partial charge on any atom is 0.248 e. The molecule has 1 aliphatic carbocycles. The molecule has 7 heteroatoms. The third kappa shape index (κ3) is 4.76. The second-order valence-electron chi connectivity index (χ2n) is 9.37. The summed E-state index contributed by atoms with van der Waals surface area (Å²) in [7, 11) is 0. The van der Waals surface area contributed by atoms with Crippen LogP contribution < -0.4 is 4.90 Å². The van der Waals surface area contributed by atoms with Crippen LogP contribution in [0.3, 0.4) is 0 Å². The van der Waals surface area contributed by atoms with Crippen molar-refractivity contribution in [3.63, 3.8) is 0 Å². The van der Waals surface area contributed by atoms with Crippen molar-refractivity contribution in [3.05, 3.63) is 41.5 Å². The maximum atomic E-state index is 13.4. The number of piperazine rings is 1. The van der Waals surface area contributed by atoms with Crippen LogP contribution in [0.5, 0.6) is 0 Å². The number of hydrogen-bond acceptors (Lipinski definition) is 4. The van der Waals surface area contributed by atoms with Crippen LogP contribution in [0.15, 0.2) is 30.3 Å². The van der Waals surface area contributed by atoms with Gasteiger partial charge in [0.05, 0.1) is 5.69 Å². The predicted octanol–water partition coefficient (Wildman–Crippen LogP) is 5.01. The summed E-state index contributed by atoms with van der Waals surface area (Å²) in [6.45, 7) is 8.20. The molecule has 2 aromatic rings. The lowest BCUT2D eigenvalue weighted by atomic mass is 9.84. The average Bonchev–Trinajstić information content (AvgIpc) is 2.77. The van der Waals surface area contributed by atoms with Crippen molar-refractivity contribution in [2.24, 2.45) is 5.92 Å². The Hall–Kier alpha value is -2.57. The Morgan fingerprint density at radius 2 is 1.75 bits per heavy atom. The summed E-state index contributed by atoms with van der Waals surface area (Å²) in [5, 5.41) is 9.07. The summed E-state index contributed by atoms with van der Waals surface area (Å²) in [5.41, 5.74) is 4.17. The summed E-state index contributed by atoms with van der Waals surface area (Å²) in [6, 6.07) is 10.1. The maximum absolute atomic E-state index is 13.4. The third-order valence-corrected chi connectivity index (χ3v) is 7.09. The minimum Gasteiger partial charge on any atom is -0.351 e. The molecular formula is C25H32F2N4O. The molecule has 2 heterocycles. The summed E-state index contributed by atoms with van der Waals surface area (Å²) in [5.74, 6) is -1.51. The molecule has 5 nitrogen and oxygen atoms in total. The number of halogens is 2. The first-order valence-corrected chi connectivity index (χ1v) is 11.6. The SMILES string of the molecule is Cc1c(-c2ccccc2)nnc(N2CCN(C(=O)CC3CCC(F)(F)CC3)[C@@H](C)C2)c1C. The molecule has 172 valence electrons. The monoisotopic (exact) mass is 442 g/mol. The molecule has 0 radical (unpaired) electrons. The number of aromatic nitrogens is 2. The highest BCUT2D eigenvalue weighted by atomic mass is 19.3. The molecule has 32 heavy (non-hydrogen) atoms. The molecule has 0 bridgehead atoms. The van der Waals surface area contributed by atoms with Crippen molar-refractivity contribution in [3.8, 4) is 11.3 Å². The van der Waals surface area contributed by atoms with Crippen molar-refractivity contribution in [2.75, 3.05) is 24.5 Å². The molecule has 0 spiro atoms. The van der Waals surface area contributed by atoms with E-state index < -0.39 is 5.92 Å². The zero-order valence-corrected chi connectivity index (χ0v) is 19.2. The molecule has 1 aromatic carbocycles. The van der Waals surface area contributed by atoms with Crippen LogP contribution >= 0.6 is 0 Å². The first kappa shape index (κ1) is 22.6. The molecule has 0 N–H and O–H groups in total. The third-order valence-electron chi connectivity index (χ3n) is 7.09. The second-order valence-corrected chi connectivity index (χ2v) is 9.37. The van der Waals surface area contributed by atoms with E-state index in [1.165, 1.54) is 0 Å². The van der Waals surface area contributed by atoms with E-state index in [9.17, 15) is 13.6 Å². The molecule has 4 rings (SSSR count). The fourth-order valence-electron chi connectivity index (χ4n) is 4.95. The number of carbonyl (C=O) groups excluding carboxylic acids is 1. The van der Waals surface area contributed by atoms with Crippen molar-refractivity contribution in [1.29, 1.82) is 0 Å². The average molecular weight is 443 g/mol. The highest BCUT2D eigenvalue weighted by Crippen LogP contribution is 2.38. The van der Waals surface area contributed by atoms with E-state index in [-0.39, 0.29) is 30.7 Å². The molecule has 2 aliphatic rings. The minimum atomic E-state index is -2.55. The Morgan fingerprint density at radius 1 is 1.06 bits per heavy atom. The summed E-state index contributed by atoms with van der Waals surface area (Å²) >= 11 is 0. The number of nitrogens with zero attached hydrogens (tertiary/aromatic N) is 4. The van der Waals surface area contributed by atoms with Crippen molar-refractivity contribution in [2.45, 2.75) is 64.8 Å². The number of hydrogen-bond donors (Lipinski definition) is 0. The zero-order valence-electron chi connectivity index (χ0n) is 19.2. The van der Waals surface area contributed by atoms with E-state index in [1.807, 2.05) is 42.2 Å². The fraction of sp³-hybridized carbons (Fsp3) is 0.560. The van der Waals surface area contributed by atoms with Crippen LogP contribution in [-0.2, 0) is 4.79 Å². The topological polar surface area (TPSA) is 49.3 Å². The van der Waals surface area contributed by atoms with Crippen molar-refractivity contribution in [1.82, 2.24) is 15.1 Å². The summed E-state index contributed by atoms with van der Waals surface area (Å²) in [4.78, 5) is 17.0. The van der Waals surface area contributed by atoms with Crippen LogP contribution in [0, 0.1) is 19.8 Å². The van der Waals surface area contributed by atoms with Gasteiger partial charge in [0.15, 0.2) is 5.82 Å². The first-order valence-electron chi connectivity index (χ1n) is 11.6. The molecule has 1 saturated carbocycles. The standard InChI is InChI=1S/C25H32F2N4O/c1-17-16-30(13-14-31(17)22(32)15-20-9-11-25(26,27)12-10-20)24-19(3)18(2)23(28-29-24)21-7-5-4-6-8-21/h4-8,17,20H,9-16H2,1-3H3/t17-/m0/s1. The van der Waals surface area contributed by atoms with Gasteiger partial charge in [-0.1, -0.05) is 30.3 Å². The van der Waals surface area contributed by atoms with Gasteiger partial charge in [-0.3, -0.25) is 4.79 Å². The van der Waals surface area contributed by atoms with Gasteiger partial charge in [-0.15, -0.1) is 10.2 Å². The lowest BCUT2D eigenvalue weighted by Gasteiger charge is -2.41. The fourth-order valence-corrected chi connectivity index (χ4v) is 4.95. The molecular weight excluding hydrogens is 410 g/mol. The van der Waals surface area contributed by atoms with Crippen LogP contribution in [0.2, 0.25) is 0 Å². The lowest BCUT2D eigenvalue weighted by molar-refractivity contribution is -0.135. The van der Waals surface area contributed by atoms with Gasteiger partial charge in [-0.05, 0) is 50.7 Å². The van der Waals surface area contributed by atoms with Gasteiger partial charge in [-0.2, -0.15) is 0 Å². The Labute approximate surface area is 188 Å². The normalized spacial score (nSPS) is 21.6. The van der Waals surface area contributed by atoms with E-state index >= 15 is 0 Å². The molecule has 1 aliphatic heterocycles. The minimum absolute atomic E-state index is 0.0385. The Kier molecular flexibility index (Phi) is 6.45. The number of alkyl halides is 2. The number of rotatable bonds is 4. The highest BCUT2D eigenvalue weighted by molar-refractivity contribution is 5.77. The Balaban J connectivity index is 1.40. The van der Waals surface area contributed by atoms with Crippen molar-refractivity contribution >= 4 is 11.7 Å². The molecule has 2 fully saturated rings. The Bertz CT molecular complexity index is 956. The van der Waals surface area contributed by atoms with E-state index in [0.29, 0.717) is 38.9 Å². The smallest absolute Gasteiger partial charge is 0.248 e. The van der Waals surface area contributed by atoms with Crippen LogP contribution in [0.4, 0.5) is 14.6 Å². The second kappa shape index (κ2) is 9.12. The number of anilines is 1. The lowest BCUT2D eigenvalue weighted by Crippen LogP contribution is -2.54. The first-order chi connectivity index (χ1) is 15.2. The number of benzene rings is 1. The zero-order chi connectivity index (χ0) is 22.9. The largest absolute Gasteiger partial charge is 0.351 e. The quantitative estimate of drug-likeness (QED) is 0.668. The highest BCUT2D eigenvalue weighted by Gasteiger charge is 2.37. The van der Waals surface area contributed by atoms with Gasteiger partial charge in [-0.25, -0.2) is 8.78 Å².